The van der Waals surface area contributed by atoms with E-state index in [1.165, 1.54) is 64.5 Å². The Kier molecular flexibility index (Phi) is 6.11. The summed E-state index contributed by atoms with van der Waals surface area (Å²) >= 11 is 0. The molecule has 1 unspecified atom stereocenters. The molecule has 1 atom stereocenters. The second-order valence-electron chi connectivity index (χ2n) is 6.61. The highest BCUT2D eigenvalue weighted by atomic mass is 16.5. The van der Waals surface area contributed by atoms with Crippen molar-refractivity contribution in [3.63, 3.8) is 0 Å². The van der Waals surface area contributed by atoms with Crippen LogP contribution in [-0.2, 0) is 4.74 Å². The number of nitrogens with zero attached hydrogens (tertiary/aromatic N) is 1. The summed E-state index contributed by atoms with van der Waals surface area (Å²) in [7, 11) is 0. The predicted octanol–water partition coefficient (Wildman–Crippen LogP) is 2.93. The first-order chi connectivity index (χ1) is 9.22. The standard InChI is InChI=1S/C16H32N2O/c1-2-13-19-15-7-6-11-18(14-15)12-10-16(17)8-4-3-5-9-16/h15H,2-14,17H2,1H3. The minimum absolute atomic E-state index is 0.134. The van der Waals surface area contributed by atoms with E-state index < -0.39 is 0 Å². The van der Waals surface area contributed by atoms with Gasteiger partial charge in [-0.3, -0.25) is 0 Å². The summed E-state index contributed by atoms with van der Waals surface area (Å²) in [6.45, 7) is 6.63. The Labute approximate surface area is 118 Å². The second kappa shape index (κ2) is 7.61. The van der Waals surface area contributed by atoms with Gasteiger partial charge in [0.05, 0.1) is 6.10 Å². The number of hydrogen-bond donors (Lipinski definition) is 1. The van der Waals surface area contributed by atoms with E-state index in [4.69, 9.17) is 10.5 Å². The number of piperidine rings is 1. The summed E-state index contributed by atoms with van der Waals surface area (Å²) < 4.78 is 5.91. The molecule has 1 saturated carbocycles. The minimum atomic E-state index is 0.134. The van der Waals surface area contributed by atoms with Gasteiger partial charge in [0.15, 0.2) is 0 Å². The van der Waals surface area contributed by atoms with Gasteiger partial charge in [0.25, 0.3) is 0 Å². The van der Waals surface area contributed by atoms with E-state index >= 15 is 0 Å². The maximum atomic E-state index is 6.53. The lowest BCUT2D eigenvalue weighted by atomic mass is 9.80. The van der Waals surface area contributed by atoms with Crippen molar-refractivity contribution in [2.24, 2.45) is 5.73 Å². The van der Waals surface area contributed by atoms with Crippen LogP contribution in [0.15, 0.2) is 0 Å². The van der Waals surface area contributed by atoms with Gasteiger partial charge in [0, 0.05) is 18.7 Å². The largest absolute Gasteiger partial charge is 0.377 e. The third kappa shape index (κ3) is 5.05. The Balaban J connectivity index is 1.69. The van der Waals surface area contributed by atoms with Gasteiger partial charge in [-0.1, -0.05) is 26.2 Å². The van der Waals surface area contributed by atoms with E-state index in [2.05, 4.69) is 11.8 Å². The van der Waals surface area contributed by atoms with E-state index in [1.807, 2.05) is 0 Å². The highest BCUT2D eigenvalue weighted by molar-refractivity contribution is 4.88. The fourth-order valence-corrected chi connectivity index (χ4v) is 3.52. The highest BCUT2D eigenvalue weighted by Crippen LogP contribution is 2.29. The van der Waals surface area contributed by atoms with Gasteiger partial charge in [-0.25, -0.2) is 0 Å². The normalized spacial score (nSPS) is 28.4. The number of likely N-dealkylation sites (tertiary alicyclic amines) is 1. The van der Waals surface area contributed by atoms with Crippen molar-refractivity contribution in [1.29, 1.82) is 0 Å². The van der Waals surface area contributed by atoms with Crippen LogP contribution in [-0.4, -0.2) is 42.8 Å². The minimum Gasteiger partial charge on any atom is -0.377 e. The van der Waals surface area contributed by atoms with Crippen LogP contribution in [0.1, 0.15) is 64.7 Å². The van der Waals surface area contributed by atoms with E-state index in [0.29, 0.717) is 6.10 Å². The molecule has 19 heavy (non-hydrogen) atoms. The molecule has 3 heteroatoms. The Morgan fingerprint density at radius 3 is 2.74 bits per heavy atom. The van der Waals surface area contributed by atoms with Crippen molar-refractivity contribution in [3.8, 4) is 0 Å². The first-order valence-electron chi connectivity index (χ1n) is 8.35. The fraction of sp³-hybridized carbons (Fsp3) is 1.00. The van der Waals surface area contributed by atoms with Crippen LogP contribution in [0.5, 0.6) is 0 Å². The van der Waals surface area contributed by atoms with Crippen LogP contribution in [0.25, 0.3) is 0 Å². The van der Waals surface area contributed by atoms with Gasteiger partial charge in [0.1, 0.15) is 0 Å². The summed E-state index contributed by atoms with van der Waals surface area (Å²) in [6.07, 6.45) is 11.8. The third-order valence-corrected chi connectivity index (χ3v) is 4.80. The lowest BCUT2D eigenvalue weighted by molar-refractivity contribution is -0.00218. The van der Waals surface area contributed by atoms with Crippen molar-refractivity contribution in [2.75, 3.05) is 26.2 Å². The Bertz CT molecular complexity index is 251. The summed E-state index contributed by atoms with van der Waals surface area (Å²) in [4.78, 5) is 2.58. The van der Waals surface area contributed by atoms with Crippen LogP contribution >= 0.6 is 0 Å². The lowest BCUT2D eigenvalue weighted by Crippen LogP contribution is -2.47. The molecule has 0 bridgehead atoms. The number of hydrogen-bond acceptors (Lipinski definition) is 3. The molecular formula is C16H32N2O. The SMILES string of the molecule is CCCOC1CCCN(CCC2(N)CCCCC2)C1. The van der Waals surface area contributed by atoms with E-state index in [9.17, 15) is 0 Å². The topological polar surface area (TPSA) is 38.5 Å². The van der Waals surface area contributed by atoms with Crippen molar-refractivity contribution in [3.05, 3.63) is 0 Å². The summed E-state index contributed by atoms with van der Waals surface area (Å²) in [5.74, 6) is 0. The molecule has 1 saturated heterocycles. The molecule has 0 aromatic heterocycles. The number of rotatable bonds is 6. The van der Waals surface area contributed by atoms with Crippen LogP contribution in [0.4, 0.5) is 0 Å². The fourth-order valence-electron chi connectivity index (χ4n) is 3.52. The Morgan fingerprint density at radius 2 is 2.00 bits per heavy atom. The molecule has 1 heterocycles. The molecule has 0 spiro atoms. The zero-order valence-electron chi connectivity index (χ0n) is 12.7. The van der Waals surface area contributed by atoms with Gasteiger partial charge in [0.2, 0.25) is 0 Å². The molecule has 0 aromatic carbocycles. The molecule has 1 aliphatic carbocycles. The van der Waals surface area contributed by atoms with Crippen molar-refractivity contribution >= 4 is 0 Å². The van der Waals surface area contributed by atoms with Crippen molar-refractivity contribution < 1.29 is 4.74 Å². The van der Waals surface area contributed by atoms with Crippen LogP contribution in [0, 0.1) is 0 Å². The summed E-state index contributed by atoms with van der Waals surface area (Å²) in [6, 6.07) is 0. The molecule has 3 nitrogen and oxygen atoms in total. The average molecular weight is 268 g/mol. The average Bonchev–Trinajstić information content (AvgIpc) is 2.44. The molecule has 112 valence electrons. The van der Waals surface area contributed by atoms with Gasteiger partial charge in [-0.15, -0.1) is 0 Å². The zero-order valence-corrected chi connectivity index (χ0v) is 12.7. The maximum absolute atomic E-state index is 6.53. The molecule has 1 aliphatic heterocycles. The molecule has 0 radical (unpaired) electrons. The van der Waals surface area contributed by atoms with Gasteiger partial charge in [-0.05, 0) is 51.6 Å². The summed E-state index contributed by atoms with van der Waals surface area (Å²) in [5, 5.41) is 0. The molecule has 0 aromatic rings. The molecule has 2 N–H and O–H groups in total. The Morgan fingerprint density at radius 1 is 1.21 bits per heavy atom. The smallest absolute Gasteiger partial charge is 0.0702 e. The lowest BCUT2D eigenvalue weighted by Gasteiger charge is -2.38. The monoisotopic (exact) mass is 268 g/mol. The molecule has 2 rings (SSSR count). The van der Waals surface area contributed by atoms with Crippen LogP contribution in [0.3, 0.4) is 0 Å². The van der Waals surface area contributed by atoms with Gasteiger partial charge < -0.3 is 15.4 Å². The third-order valence-electron chi connectivity index (χ3n) is 4.80. The van der Waals surface area contributed by atoms with Crippen LogP contribution < -0.4 is 5.73 Å². The predicted molar refractivity (Wildman–Crippen MR) is 80.3 cm³/mol. The molecule has 2 fully saturated rings. The van der Waals surface area contributed by atoms with Crippen molar-refractivity contribution in [2.45, 2.75) is 76.4 Å². The van der Waals surface area contributed by atoms with E-state index in [0.717, 1.165) is 19.6 Å². The van der Waals surface area contributed by atoms with Gasteiger partial charge >= 0.3 is 0 Å². The zero-order chi connectivity index (χ0) is 13.6. The first kappa shape index (κ1) is 15.3. The number of nitrogens with two attached hydrogens (primary N) is 1. The number of ether oxygens (including phenoxy) is 1. The van der Waals surface area contributed by atoms with Gasteiger partial charge in [-0.2, -0.15) is 0 Å². The second-order valence-corrected chi connectivity index (χ2v) is 6.61. The van der Waals surface area contributed by atoms with Crippen molar-refractivity contribution in [1.82, 2.24) is 4.90 Å². The molecular weight excluding hydrogens is 236 g/mol. The molecule has 0 amide bonds. The van der Waals surface area contributed by atoms with E-state index in [1.54, 1.807) is 0 Å². The highest BCUT2D eigenvalue weighted by Gasteiger charge is 2.28. The summed E-state index contributed by atoms with van der Waals surface area (Å²) in [5.41, 5.74) is 6.67. The maximum Gasteiger partial charge on any atom is 0.0702 e. The van der Waals surface area contributed by atoms with E-state index in [-0.39, 0.29) is 5.54 Å². The van der Waals surface area contributed by atoms with Crippen LogP contribution in [0.2, 0.25) is 0 Å². The Hall–Kier alpha value is -0.120. The first-order valence-corrected chi connectivity index (χ1v) is 8.35. The quantitative estimate of drug-likeness (QED) is 0.805. The molecule has 2 aliphatic rings.